The summed E-state index contributed by atoms with van der Waals surface area (Å²) in [5, 5.41) is 14.7. The number of halogens is 1. The summed E-state index contributed by atoms with van der Waals surface area (Å²) >= 11 is 0. The molecule has 0 radical (unpaired) electrons. The highest BCUT2D eigenvalue weighted by Crippen LogP contribution is 2.29. The number of piperidine rings is 1. The van der Waals surface area contributed by atoms with Crippen LogP contribution in [0.3, 0.4) is 0 Å². The van der Waals surface area contributed by atoms with Crippen LogP contribution in [0.1, 0.15) is 31.5 Å². The molecule has 0 spiro atoms. The lowest BCUT2D eigenvalue weighted by Gasteiger charge is -2.27. The minimum absolute atomic E-state index is 0.196. The fraction of sp³-hybridized carbons (Fsp3) is 0.304. The summed E-state index contributed by atoms with van der Waals surface area (Å²) in [5.41, 5.74) is 2.86. The van der Waals surface area contributed by atoms with Gasteiger partial charge in [0.2, 0.25) is 0 Å². The number of nitrogens with one attached hydrogen (secondary N) is 2. The maximum atomic E-state index is 14.5. The fourth-order valence-corrected chi connectivity index (χ4v) is 3.91. The van der Waals surface area contributed by atoms with Gasteiger partial charge in [-0.05, 0) is 38.0 Å². The van der Waals surface area contributed by atoms with Crippen molar-refractivity contribution in [1.82, 2.24) is 40.2 Å². The van der Waals surface area contributed by atoms with Crippen LogP contribution in [0.25, 0.3) is 22.6 Å². The van der Waals surface area contributed by atoms with Gasteiger partial charge < -0.3 is 10.6 Å². The number of anilines is 2. The van der Waals surface area contributed by atoms with Crippen molar-refractivity contribution >= 4 is 11.5 Å². The van der Waals surface area contributed by atoms with E-state index in [0.717, 1.165) is 25.2 Å². The van der Waals surface area contributed by atoms with Gasteiger partial charge in [-0.15, -0.1) is 5.10 Å². The van der Waals surface area contributed by atoms with Crippen LogP contribution in [-0.2, 0) is 7.05 Å². The van der Waals surface area contributed by atoms with Gasteiger partial charge >= 0.3 is 0 Å². The number of rotatable bonds is 5. The summed E-state index contributed by atoms with van der Waals surface area (Å²) in [7, 11) is 1.74. The Morgan fingerprint density at radius 2 is 2.00 bits per heavy atom. The Hall–Kier alpha value is -3.79. The second kappa shape index (κ2) is 8.99. The topological polar surface area (TPSA) is 106 Å². The maximum Gasteiger partial charge on any atom is 0.135 e. The van der Waals surface area contributed by atoms with Gasteiger partial charge in [0.15, 0.2) is 0 Å². The van der Waals surface area contributed by atoms with E-state index < -0.39 is 0 Å². The number of hydrogen-bond donors (Lipinski definition) is 2. The first-order valence-electron chi connectivity index (χ1n) is 10.9. The van der Waals surface area contributed by atoms with Gasteiger partial charge in [-0.3, -0.25) is 14.6 Å². The van der Waals surface area contributed by atoms with Gasteiger partial charge in [0.05, 0.1) is 18.1 Å². The zero-order chi connectivity index (χ0) is 22.8. The average molecular weight is 446 g/mol. The predicted octanol–water partition coefficient (Wildman–Crippen LogP) is 3.47. The molecule has 33 heavy (non-hydrogen) atoms. The molecule has 0 bridgehead atoms. The van der Waals surface area contributed by atoms with Crippen LogP contribution in [-0.4, -0.2) is 47.5 Å². The van der Waals surface area contributed by atoms with E-state index in [1.807, 2.05) is 6.07 Å². The Bertz CT molecular complexity index is 1250. The highest BCUT2D eigenvalue weighted by Gasteiger charge is 2.23. The Kier molecular flexibility index (Phi) is 5.74. The minimum atomic E-state index is -0.368. The molecule has 4 heterocycles. The predicted molar refractivity (Wildman–Crippen MR) is 122 cm³/mol. The van der Waals surface area contributed by atoms with E-state index in [0.29, 0.717) is 40.2 Å². The van der Waals surface area contributed by atoms with Crippen LogP contribution in [0.2, 0.25) is 0 Å². The molecule has 1 saturated heterocycles. The van der Waals surface area contributed by atoms with Crippen molar-refractivity contribution < 1.29 is 4.39 Å². The molecule has 1 fully saturated rings. The van der Waals surface area contributed by atoms with Gasteiger partial charge in [-0.2, -0.15) is 0 Å². The molecule has 0 amide bonds. The first-order chi connectivity index (χ1) is 16.0. The average Bonchev–Trinajstić information content (AvgIpc) is 3.27. The second-order valence-corrected chi connectivity index (χ2v) is 8.27. The molecule has 2 atom stereocenters. The minimum Gasteiger partial charge on any atom is -0.340 e. The maximum absolute atomic E-state index is 14.5. The standard InChI is InChI=1S/C23H24FN9/c1-14-3-4-15(11-27-14)23-29-19(20-12-25-7-8-26-20)10-22(30-23)28-16-5-6-18(24)17(9-16)21-13-33(2)32-31-21/h5-10,12-15,27H,3-4,11H2,1-2H3,(H,28,29,30)/t14-,15?/m1/s1. The molecule has 3 aromatic heterocycles. The van der Waals surface area contributed by atoms with E-state index in [9.17, 15) is 4.39 Å². The van der Waals surface area contributed by atoms with Crippen LogP contribution >= 0.6 is 0 Å². The molecule has 0 aliphatic carbocycles. The quantitative estimate of drug-likeness (QED) is 0.481. The van der Waals surface area contributed by atoms with Crippen LogP contribution in [0.15, 0.2) is 49.1 Å². The SMILES string of the molecule is C[C@@H]1CCC(c2nc(Nc3ccc(F)c(-c4cn(C)nn4)c3)cc(-c3cnccn3)n2)CN1. The van der Waals surface area contributed by atoms with Crippen molar-refractivity contribution in [1.29, 1.82) is 0 Å². The molecule has 168 valence electrons. The summed E-state index contributed by atoms with van der Waals surface area (Å²) in [6.07, 6.45) is 8.69. The number of aryl methyl sites for hydroxylation is 1. The molecule has 5 rings (SSSR count). The zero-order valence-corrected chi connectivity index (χ0v) is 18.4. The van der Waals surface area contributed by atoms with Crippen LogP contribution in [0.4, 0.5) is 15.9 Å². The number of nitrogens with zero attached hydrogens (tertiary/aromatic N) is 7. The molecule has 1 aliphatic heterocycles. The van der Waals surface area contributed by atoms with Gasteiger partial charge in [-0.1, -0.05) is 5.21 Å². The van der Waals surface area contributed by atoms with Crippen LogP contribution in [0.5, 0.6) is 0 Å². The summed E-state index contributed by atoms with van der Waals surface area (Å²) in [6.45, 7) is 3.00. The van der Waals surface area contributed by atoms with Crippen molar-refractivity contribution in [2.45, 2.75) is 31.7 Å². The third kappa shape index (κ3) is 4.70. The fourth-order valence-electron chi connectivity index (χ4n) is 3.91. The molecule has 1 unspecified atom stereocenters. The van der Waals surface area contributed by atoms with E-state index in [-0.39, 0.29) is 11.7 Å². The molecule has 10 heteroatoms. The van der Waals surface area contributed by atoms with Gasteiger partial charge in [0.25, 0.3) is 0 Å². The van der Waals surface area contributed by atoms with Gasteiger partial charge in [-0.25, -0.2) is 14.4 Å². The number of aromatic nitrogens is 7. The van der Waals surface area contributed by atoms with Gasteiger partial charge in [0, 0.05) is 55.3 Å². The highest BCUT2D eigenvalue weighted by atomic mass is 19.1. The van der Waals surface area contributed by atoms with E-state index in [2.05, 4.69) is 37.8 Å². The summed E-state index contributed by atoms with van der Waals surface area (Å²) in [6, 6.07) is 7.10. The third-order valence-electron chi connectivity index (χ3n) is 5.71. The zero-order valence-electron chi connectivity index (χ0n) is 18.4. The first kappa shape index (κ1) is 21.1. The van der Waals surface area contributed by atoms with Crippen LogP contribution in [0, 0.1) is 5.82 Å². The Balaban J connectivity index is 1.50. The molecule has 1 aromatic carbocycles. The largest absolute Gasteiger partial charge is 0.340 e. The van der Waals surface area contributed by atoms with E-state index in [4.69, 9.17) is 9.97 Å². The summed E-state index contributed by atoms with van der Waals surface area (Å²) in [5.74, 6) is 1.18. The van der Waals surface area contributed by atoms with Crippen molar-refractivity contribution in [3.8, 4) is 22.6 Å². The Labute approximate surface area is 190 Å². The lowest BCUT2D eigenvalue weighted by atomic mass is 9.94. The van der Waals surface area contributed by atoms with Crippen molar-refractivity contribution in [2.24, 2.45) is 7.05 Å². The highest BCUT2D eigenvalue weighted by molar-refractivity contribution is 5.69. The van der Waals surface area contributed by atoms with Gasteiger partial charge in [0.1, 0.15) is 28.8 Å². The van der Waals surface area contributed by atoms with E-state index >= 15 is 0 Å². The lowest BCUT2D eigenvalue weighted by Crippen LogP contribution is -2.36. The summed E-state index contributed by atoms with van der Waals surface area (Å²) in [4.78, 5) is 18.2. The smallest absolute Gasteiger partial charge is 0.135 e. The molecule has 2 N–H and O–H groups in total. The molecule has 9 nitrogen and oxygen atoms in total. The third-order valence-corrected chi connectivity index (χ3v) is 5.71. The molecular weight excluding hydrogens is 421 g/mol. The number of benzene rings is 1. The number of hydrogen-bond acceptors (Lipinski definition) is 8. The van der Waals surface area contributed by atoms with E-state index in [1.54, 1.807) is 44.0 Å². The molecular formula is C23H24FN9. The Morgan fingerprint density at radius 3 is 2.73 bits per heavy atom. The van der Waals surface area contributed by atoms with Crippen molar-refractivity contribution in [3.63, 3.8) is 0 Å². The normalized spacial score (nSPS) is 18.3. The second-order valence-electron chi connectivity index (χ2n) is 8.27. The lowest BCUT2D eigenvalue weighted by molar-refractivity contribution is 0.376. The molecule has 0 saturated carbocycles. The summed E-state index contributed by atoms with van der Waals surface area (Å²) < 4.78 is 16.0. The van der Waals surface area contributed by atoms with Crippen LogP contribution < -0.4 is 10.6 Å². The van der Waals surface area contributed by atoms with E-state index in [1.165, 1.54) is 10.7 Å². The monoisotopic (exact) mass is 445 g/mol. The first-order valence-corrected chi connectivity index (χ1v) is 10.9. The van der Waals surface area contributed by atoms with Crippen molar-refractivity contribution in [3.05, 3.63) is 60.7 Å². The molecule has 4 aromatic rings. The van der Waals surface area contributed by atoms with Crippen molar-refractivity contribution in [2.75, 3.05) is 11.9 Å². The Morgan fingerprint density at radius 1 is 1.09 bits per heavy atom. The molecule has 1 aliphatic rings.